The minimum absolute atomic E-state index is 0.170. The molecular formula is C18H22O3. The van der Waals surface area contributed by atoms with E-state index in [1.807, 2.05) is 54.6 Å². The van der Waals surface area contributed by atoms with Crippen LogP contribution in [0.4, 0.5) is 0 Å². The maximum Gasteiger partial charge on any atom is 0.161 e. The van der Waals surface area contributed by atoms with Gasteiger partial charge in [-0.15, -0.1) is 0 Å². The summed E-state index contributed by atoms with van der Waals surface area (Å²) in [4.78, 5) is 0. The molecule has 0 aliphatic carbocycles. The van der Waals surface area contributed by atoms with E-state index < -0.39 is 5.60 Å². The topological polar surface area (TPSA) is 38.7 Å². The van der Waals surface area contributed by atoms with Gasteiger partial charge in [-0.05, 0) is 31.0 Å². The van der Waals surface area contributed by atoms with Crippen molar-refractivity contribution >= 4 is 0 Å². The largest absolute Gasteiger partial charge is 0.490 e. The monoisotopic (exact) mass is 286 g/mol. The van der Waals surface area contributed by atoms with Crippen LogP contribution in [0.25, 0.3) is 0 Å². The molecule has 0 saturated carbocycles. The molecule has 0 aliphatic rings. The molecule has 1 atom stereocenters. The van der Waals surface area contributed by atoms with Gasteiger partial charge in [-0.2, -0.15) is 0 Å². The highest BCUT2D eigenvalue weighted by Gasteiger charge is 2.24. The van der Waals surface area contributed by atoms with Crippen molar-refractivity contribution in [3.8, 4) is 11.5 Å². The fraction of sp³-hybridized carbons (Fsp3) is 0.333. The lowest BCUT2D eigenvalue weighted by molar-refractivity contribution is 0.00668. The summed E-state index contributed by atoms with van der Waals surface area (Å²) in [7, 11) is 0. The smallest absolute Gasteiger partial charge is 0.161 e. The Kier molecular flexibility index (Phi) is 5.23. The van der Waals surface area contributed by atoms with Crippen molar-refractivity contribution in [1.82, 2.24) is 0 Å². The van der Waals surface area contributed by atoms with Crippen molar-refractivity contribution in [2.24, 2.45) is 0 Å². The van der Waals surface area contributed by atoms with Gasteiger partial charge in [-0.3, -0.25) is 0 Å². The standard InChI is InChI=1S/C18H22O3/c1-3-13-20-16-11-7-8-12-17(16)21-14-18(2,19)15-9-5-4-6-10-15/h4-12,19H,3,13-14H2,1-2H3. The minimum Gasteiger partial charge on any atom is -0.490 e. The summed E-state index contributed by atoms with van der Waals surface area (Å²) in [6.07, 6.45) is 0.941. The third-order valence-corrected chi connectivity index (χ3v) is 3.22. The van der Waals surface area contributed by atoms with Crippen LogP contribution < -0.4 is 9.47 Å². The number of hydrogen-bond donors (Lipinski definition) is 1. The van der Waals surface area contributed by atoms with E-state index in [0.29, 0.717) is 18.1 Å². The zero-order chi connectivity index (χ0) is 15.1. The molecule has 112 valence electrons. The summed E-state index contributed by atoms with van der Waals surface area (Å²) in [5.41, 5.74) is -0.212. The second-order valence-corrected chi connectivity index (χ2v) is 5.22. The molecule has 0 radical (unpaired) electrons. The van der Waals surface area contributed by atoms with Crippen molar-refractivity contribution in [2.45, 2.75) is 25.9 Å². The molecule has 0 amide bonds. The maximum atomic E-state index is 10.5. The van der Waals surface area contributed by atoms with Gasteiger partial charge in [0.1, 0.15) is 12.2 Å². The third kappa shape index (κ3) is 4.23. The number of aliphatic hydroxyl groups is 1. The zero-order valence-corrected chi connectivity index (χ0v) is 12.6. The Balaban J connectivity index is 2.06. The number of para-hydroxylation sites is 2. The first kappa shape index (κ1) is 15.4. The highest BCUT2D eigenvalue weighted by molar-refractivity contribution is 5.39. The van der Waals surface area contributed by atoms with Gasteiger partial charge < -0.3 is 14.6 Å². The Morgan fingerprint density at radius 2 is 1.48 bits per heavy atom. The normalized spacial score (nSPS) is 13.5. The summed E-state index contributed by atoms with van der Waals surface area (Å²) < 4.78 is 11.4. The van der Waals surface area contributed by atoms with Gasteiger partial charge in [0, 0.05) is 0 Å². The van der Waals surface area contributed by atoms with Crippen LogP contribution in [0.1, 0.15) is 25.8 Å². The number of benzene rings is 2. The van der Waals surface area contributed by atoms with E-state index in [9.17, 15) is 5.11 Å². The molecule has 0 aliphatic heterocycles. The van der Waals surface area contributed by atoms with Crippen LogP contribution in [0.5, 0.6) is 11.5 Å². The average molecular weight is 286 g/mol. The Morgan fingerprint density at radius 1 is 0.905 bits per heavy atom. The van der Waals surface area contributed by atoms with Crippen LogP contribution in [0.3, 0.4) is 0 Å². The first-order valence-corrected chi connectivity index (χ1v) is 7.26. The lowest BCUT2D eigenvalue weighted by Crippen LogP contribution is -2.29. The molecule has 3 nitrogen and oxygen atoms in total. The van der Waals surface area contributed by atoms with E-state index in [1.165, 1.54) is 0 Å². The Hall–Kier alpha value is -2.00. The van der Waals surface area contributed by atoms with Crippen LogP contribution in [0.15, 0.2) is 54.6 Å². The lowest BCUT2D eigenvalue weighted by atomic mass is 9.97. The van der Waals surface area contributed by atoms with Gasteiger partial charge in [-0.25, -0.2) is 0 Å². The van der Waals surface area contributed by atoms with Crippen LogP contribution in [-0.4, -0.2) is 18.3 Å². The van der Waals surface area contributed by atoms with Crippen molar-refractivity contribution < 1.29 is 14.6 Å². The summed E-state index contributed by atoms with van der Waals surface area (Å²) in [5.74, 6) is 1.37. The van der Waals surface area contributed by atoms with Crippen molar-refractivity contribution in [3.05, 3.63) is 60.2 Å². The Morgan fingerprint density at radius 3 is 2.10 bits per heavy atom. The zero-order valence-electron chi connectivity index (χ0n) is 12.6. The molecule has 0 fully saturated rings. The van der Waals surface area contributed by atoms with Crippen molar-refractivity contribution in [2.75, 3.05) is 13.2 Å². The van der Waals surface area contributed by atoms with E-state index in [2.05, 4.69) is 6.92 Å². The van der Waals surface area contributed by atoms with Crippen LogP contribution in [0.2, 0.25) is 0 Å². The average Bonchev–Trinajstić information content (AvgIpc) is 2.52. The molecule has 1 N–H and O–H groups in total. The molecular weight excluding hydrogens is 264 g/mol. The number of ether oxygens (including phenoxy) is 2. The highest BCUT2D eigenvalue weighted by atomic mass is 16.5. The molecule has 0 spiro atoms. The molecule has 2 aromatic carbocycles. The van der Waals surface area contributed by atoms with Gasteiger partial charge in [0.25, 0.3) is 0 Å². The SMILES string of the molecule is CCCOc1ccccc1OCC(C)(O)c1ccccc1. The van der Waals surface area contributed by atoms with Crippen molar-refractivity contribution in [1.29, 1.82) is 0 Å². The molecule has 3 heteroatoms. The third-order valence-electron chi connectivity index (χ3n) is 3.22. The summed E-state index contributed by atoms with van der Waals surface area (Å²) in [6, 6.07) is 17.1. The summed E-state index contributed by atoms with van der Waals surface area (Å²) in [5, 5.41) is 10.5. The van der Waals surface area contributed by atoms with Gasteiger partial charge in [0.15, 0.2) is 11.5 Å². The highest BCUT2D eigenvalue weighted by Crippen LogP contribution is 2.29. The quantitative estimate of drug-likeness (QED) is 0.842. The van der Waals surface area contributed by atoms with E-state index in [-0.39, 0.29) is 6.61 Å². The number of hydrogen-bond acceptors (Lipinski definition) is 3. The molecule has 0 aromatic heterocycles. The number of rotatable bonds is 7. The summed E-state index contributed by atoms with van der Waals surface area (Å²) in [6.45, 7) is 4.63. The van der Waals surface area contributed by atoms with E-state index in [1.54, 1.807) is 6.92 Å². The Bertz CT molecular complexity index is 549. The van der Waals surface area contributed by atoms with Crippen LogP contribution in [-0.2, 0) is 5.60 Å². The van der Waals surface area contributed by atoms with Gasteiger partial charge in [0.2, 0.25) is 0 Å². The fourth-order valence-electron chi connectivity index (χ4n) is 2.00. The van der Waals surface area contributed by atoms with Gasteiger partial charge >= 0.3 is 0 Å². The second kappa shape index (κ2) is 7.14. The predicted molar refractivity (Wildman–Crippen MR) is 83.7 cm³/mol. The van der Waals surface area contributed by atoms with Crippen LogP contribution >= 0.6 is 0 Å². The lowest BCUT2D eigenvalue weighted by Gasteiger charge is -2.24. The second-order valence-electron chi connectivity index (χ2n) is 5.22. The molecule has 2 aromatic rings. The van der Waals surface area contributed by atoms with Gasteiger partial charge in [0.05, 0.1) is 6.61 Å². The van der Waals surface area contributed by atoms with Gasteiger partial charge in [-0.1, -0.05) is 49.4 Å². The molecule has 0 heterocycles. The summed E-state index contributed by atoms with van der Waals surface area (Å²) >= 11 is 0. The fourth-order valence-corrected chi connectivity index (χ4v) is 2.00. The van der Waals surface area contributed by atoms with Crippen molar-refractivity contribution in [3.63, 3.8) is 0 Å². The molecule has 0 bridgehead atoms. The van der Waals surface area contributed by atoms with Crippen LogP contribution in [0, 0.1) is 0 Å². The Labute approximate surface area is 126 Å². The van der Waals surface area contributed by atoms with E-state index in [4.69, 9.17) is 9.47 Å². The predicted octanol–water partition coefficient (Wildman–Crippen LogP) is 3.76. The molecule has 0 saturated heterocycles. The maximum absolute atomic E-state index is 10.5. The van der Waals surface area contributed by atoms with E-state index >= 15 is 0 Å². The minimum atomic E-state index is -1.04. The molecule has 2 rings (SSSR count). The molecule has 21 heavy (non-hydrogen) atoms. The molecule has 1 unspecified atom stereocenters. The first-order chi connectivity index (χ1) is 10.1. The first-order valence-electron chi connectivity index (χ1n) is 7.26. The van der Waals surface area contributed by atoms with E-state index in [0.717, 1.165) is 12.0 Å².